The first-order valence-electron chi connectivity index (χ1n) is 9.57. The maximum atomic E-state index is 10.5. The Morgan fingerprint density at radius 1 is 1.34 bits per heavy atom. The Hall–Kier alpha value is -1.04. The lowest BCUT2D eigenvalue weighted by Gasteiger charge is -2.15. The van der Waals surface area contributed by atoms with Gasteiger partial charge in [-0.3, -0.25) is 4.99 Å². The van der Waals surface area contributed by atoms with Crippen LogP contribution in [0.2, 0.25) is 0 Å². The van der Waals surface area contributed by atoms with Gasteiger partial charge >= 0.3 is 0 Å². The van der Waals surface area contributed by atoms with Gasteiger partial charge in [-0.2, -0.15) is 0 Å². The molecule has 9 heteroatoms. The molecule has 6 nitrogen and oxygen atoms in total. The number of hydrogen-bond acceptors (Lipinski definition) is 6. The van der Waals surface area contributed by atoms with Crippen molar-refractivity contribution in [2.24, 2.45) is 4.99 Å². The average molecular weight is 551 g/mol. The van der Waals surface area contributed by atoms with E-state index >= 15 is 0 Å². The zero-order chi connectivity index (χ0) is 20.2. The van der Waals surface area contributed by atoms with Crippen LogP contribution in [0.4, 0.5) is 0 Å². The average Bonchev–Trinajstić information content (AvgIpc) is 3.18. The van der Waals surface area contributed by atoms with Crippen LogP contribution in [0.25, 0.3) is 0 Å². The highest BCUT2D eigenvalue weighted by molar-refractivity contribution is 14.0. The van der Waals surface area contributed by atoms with Crippen molar-refractivity contribution < 1.29 is 9.84 Å². The maximum Gasteiger partial charge on any atom is 0.191 e. The van der Waals surface area contributed by atoms with E-state index in [1.165, 1.54) is 0 Å². The van der Waals surface area contributed by atoms with Crippen molar-refractivity contribution in [3.63, 3.8) is 0 Å². The van der Waals surface area contributed by atoms with Crippen molar-refractivity contribution in [2.45, 2.75) is 43.7 Å². The molecule has 3 N–H and O–H groups in total. The fraction of sp³-hybridized carbons (Fsp3) is 0.500. The van der Waals surface area contributed by atoms with E-state index in [9.17, 15) is 5.11 Å². The molecule has 1 heterocycles. The van der Waals surface area contributed by atoms with Crippen LogP contribution in [0.5, 0.6) is 5.75 Å². The second-order valence-corrected chi connectivity index (χ2v) is 8.64. The van der Waals surface area contributed by atoms with Crippen LogP contribution in [0.3, 0.4) is 0 Å². The summed E-state index contributed by atoms with van der Waals surface area (Å²) in [7, 11) is 0. The van der Waals surface area contributed by atoms with Gasteiger partial charge in [-0.1, -0.05) is 23.9 Å². The summed E-state index contributed by atoms with van der Waals surface area (Å²) in [6, 6.07) is 7.55. The molecule has 1 aromatic heterocycles. The van der Waals surface area contributed by atoms with Gasteiger partial charge in [-0.05, 0) is 44.9 Å². The number of rotatable bonds is 11. The van der Waals surface area contributed by atoms with Crippen LogP contribution >= 0.6 is 47.1 Å². The highest BCUT2D eigenvalue weighted by Gasteiger charge is 2.09. The second kappa shape index (κ2) is 14.9. The Morgan fingerprint density at radius 3 is 2.86 bits per heavy atom. The number of thioether (sulfide) groups is 1. The van der Waals surface area contributed by atoms with Crippen LogP contribution in [-0.4, -0.2) is 47.5 Å². The van der Waals surface area contributed by atoms with Crippen molar-refractivity contribution in [1.29, 1.82) is 0 Å². The quantitative estimate of drug-likeness (QED) is 0.127. The van der Waals surface area contributed by atoms with Gasteiger partial charge in [-0.15, -0.1) is 35.3 Å². The molecule has 0 aliphatic heterocycles. The van der Waals surface area contributed by atoms with Gasteiger partial charge in [0.25, 0.3) is 0 Å². The molecule has 1 atom stereocenters. The van der Waals surface area contributed by atoms with Crippen molar-refractivity contribution >= 4 is 53.0 Å². The number of aliphatic hydroxyl groups excluding tert-OH is 1. The number of guanidine groups is 1. The fourth-order valence-electron chi connectivity index (χ4n) is 2.41. The Labute approximate surface area is 199 Å². The minimum atomic E-state index is -0.674. The topological polar surface area (TPSA) is 78.8 Å². The van der Waals surface area contributed by atoms with E-state index in [0.29, 0.717) is 0 Å². The number of halogens is 1. The number of aliphatic imine (C=N–C) groups is 1. The molecule has 0 fully saturated rings. The molecule has 1 unspecified atom stereocenters. The minimum Gasteiger partial charge on any atom is -0.491 e. The largest absolute Gasteiger partial charge is 0.491 e. The van der Waals surface area contributed by atoms with E-state index in [-0.39, 0.29) is 36.6 Å². The van der Waals surface area contributed by atoms with Crippen molar-refractivity contribution in [3.05, 3.63) is 41.4 Å². The van der Waals surface area contributed by atoms with Gasteiger partial charge in [0.15, 0.2) is 5.96 Å². The number of nitrogens with one attached hydrogen (secondary N) is 2. The third-order valence-corrected chi connectivity index (χ3v) is 5.68. The highest BCUT2D eigenvalue weighted by Crippen LogP contribution is 2.21. The molecule has 1 aromatic carbocycles. The zero-order valence-corrected chi connectivity index (χ0v) is 21.1. The normalized spacial score (nSPS) is 12.4. The third kappa shape index (κ3) is 10.5. The molecule has 29 heavy (non-hydrogen) atoms. The Kier molecular flexibility index (Phi) is 13.3. The van der Waals surface area contributed by atoms with Gasteiger partial charge in [0.05, 0.1) is 18.8 Å². The Morgan fingerprint density at radius 2 is 2.17 bits per heavy atom. The summed E-state index contributed by atoms with van der Waals surface area (Å²) in [4.78, 5) is 8.78. The lowest BCUT2D eigenvalue weighted by atomic mass is 10.1. The van der Waals surface area contributed by atoms with E-state index in [1.54, 1.807) is 23.1 Å². The summed E-state index contributed by atoms with van der Waals surface area (Å²) in [5.41, 5.74) is 0.803. The number of aliphatic hydroxyl groups is 1. The summed E-state index contributed by atoms with van der Waals surface area (Å²) in [5, 5.41) is 19.0. The fourth-order valence-corrected chi connectivity index (χ4v) is 4.06. The molecule has 2 rings (SSSR count). The van der Waals surface area contributed by atoms with E-state index in [0.717, 1.165) is 46.9 Å². The lowest BCUT2D eigenvalue weighted by Crippen LogP contribution is -2.38. The SMILES string of the molecule is CCNC(=NCC(O)c1cccc(OC(C)C)c1)NCCCSc1nccs1.I. The maximum absolute atomic E-state index is 10.5. The molecule has 0 radical (unpaired) electrons. The molecular weight excluding hydrogens is 519 g/mol. The number of benzene rings is 1. The first-order chi connectivity index (χ1) is 13.6. The minimum absolute atomic E-state index is 0. The van der Waals surface area contributed by atoms with Gasteiger partial charge < -0.3 is 20.5 Å². The molecule has 2 aromatic rings. The first kappa shape index (κ1) is 26.0. The summed E-state index contributed by atoms with van der Waals surface area (Å²) >= 11 is 3.44. The van der Waals surface area contributed by atoms with Crippen molar-refractivity contribution in [1.82, 2.24) is 15.6 Å². The number of ether oxygens (including phenoxy) is 1. The van der Waals surface area contributed by atoms with E-state index in [1.807, 2.05) is 56.6 Å². The number of hydrogen-bond donors (Lipinski definition) is 3. The highest BCUT2D eigenvalue weighted by atomic mass is 127. The van der Waals surface area contributed by atoms with Crippen molar-refractivity contribution in [3.8, 4) is 5.75 Å². The third-order valence-electron chi connectivity index (χ3n) is 3.63. The molecule has 0 saturated carbocycles. The molecular formula is C20H31IN4O2S2. The number of aromatic nitrogens is 1. The van der Waals surface area contributed by atoms with Crippen LogP contribution in [-0.2, 0) is 0 Å². The van der Waals surface area contributed by atoms with E-state index in [2.05, 4.69) is 20.6 Å². The predicted molar refractivity (Wildman–Crippen MR) is 134 cm³/mol. The van der Waals surface area contributed by atoms with Crippen LogP contribution < -0.4 is 15.4 Å². The van der Waals surface area contributed by atoms with Gasteiger partial charge in [0.1, 0.15) is 10.1 Å². The lowest BCUT2D eigenvalue weighted by molar-refractivity contribution is 0.185. The Balaban J connectivity index is 0.00000420. The van der Waals surface area contributed by atoms with Crippen LogP contribution in [0, 0.1) is 0 Å². The number of nitrogens with zero attached hydrogens (tertiary/aromatic N) is 2. The monoisotopic (exact) mass is 550 g/mol. The molecule has 0 aliphatic rings. The van der Waals surface area contributed by atoms with Crippen LogP contribution in [0.1, 0.15) is 38.9 Å². The predicted octanol–water partition coefficient (Wildman–Crippen LogP) is 4.32. The molecule has 0 spiro atoms. The van der Waals surface area contributed by atoms with E-state index < -0.39 is 6.10 Å². The van der Waals surface area contributed by atoms with Gasteiger partial charge in [0, 0.05) is 30.4 Å². The smallest absolute Gasteiger partial charge is 0.191 e. The Bertz CT molecular complexity index is 714. The second-order valence-electron chi connectivity index (χ2n) is 6.40. The molecule has 162 valence electrons. The molecule has 0 bridgehead atoms. The molecule has 0 saturated heterocycles. The summed E-state index contributed by atoms with van der Waals surface area (Å²) in [6.45, 7) is 7.87. The summed E-state index contributed by atoms with van der Waals surface area (Å²) in [6.07, 6.45) is 2.26. The number of thiazole rings is 1. The van der Waals surface area contributed by atoms with Crippen LogP contribution in [0.15, 0.2) is 45.2 Å². The molecule has 0 amide bonds. The standard InChI is InChI=1S/C20H30N4O2S2.HI/c1-4-21-19(22-9-6-11-27-20-23-10-12-28-20)24-14-18(25)16-7-5-8-17(13-16)26-15(2)3;/h5,7-8,10,12-13,15,18,25H,4,6,9,11,14H2,1-3H3,(H2,21,22,24);1H. The van der Waals surface area contributed by atoms with Gasteiger partial charge in [-0.25, -0.2) is 4.98 Å². The van der Waals surface area contributed by atoms with E-state index in [4.69, 9.17) is 4.74 Å². The molecule has 0 aliphatic carbocycles. The van der Waals surface area contributed by atoms with Gasteiger partial charge in [0.2, 0.25) is 0 Å². The van der Waals surface area contributed by atoms with Crippen molar-refractivity contribution in [2.75, 3.05) is 25.4 Å². The first-order valence-corrected chi connectivity index (χ1v) is 11.4. The summed E-state index contributed by atoms with van der Waals surface area (Å²) < 4.78 is 6.80. The zero-order valence-electron chi connectivity index (χ0n) is 17.1. The summed E-state index contributed by atoms with van der Waals surface area (Å²) in [5.74, 6) is 2.49.